The number of amides is 2. The van der Waals surface area contributed by atoms with Crippen LogP contribution in [-0.2, 0) is 9.59 Å². The van der Waals surface area contributed by atoms with Crippen LogP contribution in [0.4, 0.5) is 5.69 Å². The first-order valence-corrected chi connectivity index (χ1v) is 7.32. The van der Waals surface area contributed by atoms with Crippen molar-refractivity contribution in [2.45, 2.75) is 45.8 Å². The molecule has 1 aliphatic heterocycles. The Morgan fingerprint density at radius 3 is 2.76 bits per heavy atom. The summed E-state index contributed by atoms with van der Waals surface area (Å²) in [5.41, 5.74) is 0.782. The van der Waals surface area contributed by atoms with Gasteiger partial charge in [-0.15, -0.1) is 0 Å². The van der Waals surface area contributed by atoms with E-state index in [-0.39, 0.29) is 36.8 Å². The van der Waals surface area contributed by atoms with Gasteiger partial charge in [0.25, 0.3) is 0 Å². The zero-order chi connectivity index (χ0) is 15.4. The Morgan fingerprint density at radius 1 is 1.33 bits per heavy atom. The van der Waals surface area contributed by atoms with Gasteiger partial charge in [-0.2, -0.15) is 0 Å². The number of carbonyl (C=O) groups is 2. The molecule has 0 bridgehead atoms. The molecule has 1 heterocycles. The predicted octanol–water partition coefficient (Wildman–Crippen LogP) is 2.11. The minimum Gasteiger partial charge on any atom is -0.487 e. The fourth-order valence-electron chi connectivity index (χ4n) is 2.38. The van der Waals surface area contributed by atoms with Gasteiger partial charge in [-0.25, -0.2) is 0 Å². The van der Waals surface area contributed by atoms with Gasteiger partial charge in [0, 0.05) is 18.9 Å². The van der Waals surface area contributed by atoms with Gasteiger partial charge in [0.1, 0.15) is 11.9 Å². The highest BCUT2D eigenvalue weighted by molar-refractivity contribution is 5.97. The lowest BCUT2D eigenvalue weighted by molar-refractivity contribution is -0.125. The van der Waals surface area contributed by atoms with Crippen LogP contribution >= 0.6 is 0 Å². The van der Waals surface area contributed by atoms with Gasteiger partial charge in [0.15, 0.2) is 0 Å². The highest BCUT2D eigenvalue weighted by Crippen LogP contribution is 2.33. The highest BCUT2D eigenvalue weighted by Gasteiger charge is 2.27. The number of anilines is 1. The van der Waals surface area contributed by atoms with Crippen molar-refractivity contribution in [2.24, 2.45) is 0 Å². The van der Waals surface area contributed by atoms with E-state index in [1.54, 1.807) is 4.90 Å². The number of rotatable bonds is 4. The molecular formula is C16H22N2O3. The number of fused-ring (bicyclic) bond motifs is 1. The second-order valence-electron chi connectivity index (χ2n) is 5.62. The smallest absolute Gasteiger partial charge is 0.227 e. The van der Waals surface area contributed by atoms with Gasteiger partial charge in [0.05, 0.1) is 12.2 Å². The molecule has 114 valence electrons. The monoisotopic (exact) mass is 290 g/mol. The Bertz CT molecular complexity index is 528. The molecule has 1 N–H and O–H groups in total. The zero-order valence-electron chi connectivity index (χ0n) is 12.8. The number of nitrogens with zero attached hydrogens (tertiary/aromatic N) is 1. The Morgan fingerprint density at radius 2 is 2.05 bits per heavy atom. The van der Waals surface area contributed by atoms with Crippen LogP contribution in [-0.4, -0.2) is 30.5 Å². The maximum absolute atomic E-state index is 12.4. The summed E-state index contributed by atoms with van der Waals surface area (Å²) in [4.78, 5) is 25.7. The van der Waals surface area contributed by atoms with E-state index in [1.165, 1.54) is 0 Å². The molecule has 2 rings (SSSR count). The molecule has 0 radical (unpaired) electrons. The van der Waals surface area contributed by atoms with E-state index >= 15 is 0 Å². The third-order valence-corrected chi connectivity index (χ3v) is 3.24. The van der Waals surface area contributed by atoms with E-state index in [0.29, 0.717) is 6.54 Å². The molecular weight excluding hydrogens is 268 g/mol. The van der Waals surface area contributed by atoms with Crippen molar-refractivity contribution in [3.05, 3.63) is 24.3 Å². The Balaban J connectivity index is 2.01. The van der Waals surface area contributed by atoms with Gasteiger partial charge in [-0.1, -0.05) is 12.1 Å². The van der Waals surface area contributed by atoms with Crippen LogP contribution in [0.3, 0.4) is 0 Å². The van der Waals surface area contributed by atoms with E-state index < -0.39 is 0 Å². The van der Waals surface area contributed by atoms with Gasteiger partial charge in [-0.05, 0) is 32.9 Å². The van der Waals surface area contributed by atoms with Crippen molar-refractivity contribution in [1.82, 2.24) is 5.32 Å². The summed E-state index contributed by atoms with van der Waals surface area (Å²) in [6, 6.07) is 7.58. The SMILES string of the molecule is CC(C)NC(=O)CCC(=O)N1CC(C)Oc2ccccc21. The summed E-state index contributed by atoms with van der Waals surface area (Å²) in [6.45, 7) is 6.25. The molecule has 1 unspecified atom stereocenters. The highest BCUT2D eigenvalue weighted by atomic mass is 16.5. The molecule has 0 aliphatic carbocycles. The fraction of sp³-hybridized carbons (Fsp3) is 0.500. The van der Waals surface area contributed by atoms with Crippen LogP contribution in [0, 0.1) is 0 Å². The van der Waals surface area contributed by atoms with Crippen molar-refractivity contribution in [1.29, 1.82) is 0 Å². The lowest BCUT2D eigenvalue weighted by Crippen LogP contribution is -2.42. The third-order valence-electron chi connectivity index (χ3n) is 3.24. The Kier molecular flexibility index (Phi) is 4.83. The topological polar surface area (TPSA) is 58.6 Å². The second-order valence-corrected chi connectivity index (χ2v) is 5.62. The molecule has 1 aliphatic rings. The van der Waals surface area contributed by atoms with E-state index in [0.717, 1.165) is 11.4 Å². The molecule has 5 heteroatoms. The average molecular weight is 290 g/mol. The summed E-state index contributed by atoms with van der Waals surface area (Å²) in [7, 11) is 0. The van der Waals surface area contributed by atoms with Crippen LogP contribution in [0.1, 0.15) is 33.6 Å². The molecule has 1 aromatic rings. The molecule has 0 fully saturated rings. The maximum Gasteiger partial charge on any atom is 0.227 e. The van der Waals surface area contributed by atoms with Crippen molar-refractivity contribution < 1.29 is 14.3 Å². The minimum absolute atomic E-state index is 0.0449. The summed E-state index contributed by atoms with van der Waals surface area (Å²) in [6.07, 6.45) is 0.373. The molecule has 1 aromatic carbocycles. The fourth-order valence-corrected chi connectivity index (χ4v) is 2.38. The number of hydrogen-bond acceptors (Lipinski definition) is 3. The van der Waals surface area contributed by atoms with Crippen molar-refractivity contribution in [3.63, 3.8) is 0 Å². The van der Waals surface area contributed by atoms with Crippen LogP contribution in [0.5, 0.6) is 5.75 Å². The van der Waals surface area contributed by atoms with Gasteiger partial charge in [0.2, 0.25) is 11.8 Å². The quantitative estimate of drug-likeness (QED) is 0.924. The van der Waals surface area contributed by atoms with Crippen LogP contribution in [0.25, 0.3) is 0 Å². The summed E-state index contributed by atoms with van der Waals surface area (Å²) in [5, 5.41) is 2.79. The largest absolute Gasteiger partial charge is 0.487 e. The molecule has 0 aromatic heterocycles. The van der Waals surface area contributed by atoms with Crippen LogP contribution in [0.2, 0.25) is 0 Å². The van der Waals surface area contributed by atoms with E-state index in [2.05, 4.69) is 5.32 Å². The number of benzene rings is 1. The van der Waals surface area contributed by atoms with Crippen LogP contribution < -0.4 is 15.0 Å². The first kappa shape index (κ1) is 15.4. The zero-order valence-corrected chi connectivity index (χ0v) is 12.8. The Labute approximate surface area is 125 Å². The van der Waals surface area contributed by atoms with Crippen molar-refractivity contribution in [3.8, 4) is 5.75 Å². The normalized spacial score (nSPS) is 17.1. The summed E-state index contributed by atoms with van der Waals surface area (Å²) in [5.74, 6) is 0.584. The van der Waals surface area contributed by atoms with E-state index in [4.69, 9.17) is 4.74 Å². The molecule has 1 atom stereocenters. The van der Waals surface area contributed by atoms with Gasteiger partial charge < -0.3 is 15.0 Å². The summed E-state index contributed by atoms with van der Waals surface area (Å²) < 4.78 is 5.72. The number of para-hydroxylation sites is 2. The number of hydrogen-bond donors (Lipinski definition) is 1. The van der Waals surface area contributed by atoms with Crippen molar-refractivity contribution >= 4 is 17.5 Å². The van der Waals surface area contributed by atoms with Crippen LogP contribution in [0.15, 0.2) is 24.3 Å². The lowest BCUT2D eigenvalue weighted by Gasteiger charge is -2.33. The predicted molar refractivity (Wildman–Crippen MR) is 81.4 cm³/mol. The van der Waals surface area contributed by atoms with E-state index in [1.807, 2.05) is 45.0 Å². The van der Waals surface area contributed by atoms with Gasteiger partial charge in [-0.3, -0.25) is 9.59 Å². The number of nitrogens with one attached hydrogen (secondary N) is 1. The maximum atomic E-state index is 12.4. The summed E-state index contributed by atoms with van der Waals surface area (Å²) >= 11 is 0. The third kappa shape index (κ3) is 3.97. The average Bonchev–Trinajstić information content (AvgIpc) is 2.43. The standard InChI is InChI=1S/C16H22N2O3/c1-11(2)17-15(19)8-9-16(20)18-10-12(3)21-14-7-5-4-6-13(14)18/h4-7,11-12H,8-10H2,1-3H3,(H,17,19). The first-order chi connectivity index (χ1) is 9.97. The number of ether oxygens (including phenoxy) is 1. The van der Waals surface area contributed by atoms with Crippen molar-refractivity contribution in [2.75, 3.05) is 11.4 Å². The first-order valence-electron chi connectivity index (χ1n) is 7.32. The molecule has 2 amide bonds. The number of carbonyl (C=O) groups excluding carboxylic acids is 2. The minimum atomic E-state index is -0.0899. The molecule has 0 saturated carbocycles. The molecule has 5 nitrogen and oxygen atoms in total. The molecule has 21 heavy (non-hydrogen) atoms. The van der Waals surface area contributed by atoms with Gasteiger partial charge >= 0.3 is 0 Å². The second kappa shape index (κ2) is 6.61. The molecule has 0 spiro atoms. The lowest BCUT2D eigenvalue weighted by atomic mass is 10.1. The van der Waals surface area contributed by atoms with E-state index in [9.17, 15) is 9.59 Å². The molecule has 0 saturated heterocycles. The Hall–Kier alpha value is -2.04.